The molecule has 1 nitrogen and oxygen atoms in total. The fraction of sp³-hybridized carbons (Fsp3) is 0.462. The van der Waals surface area contributed by atoms with E-state index in [0.717, 1.165) is 3.57 Å². The molecule has 2 rings (SSSR count). The Morgan fingerprint density at radius 2 is 2.06 bits per heavy atom. The number of carbonyl (C=O) groups is 1. The molecule has 0 aromatic heterocycles. The highest BCUT2D eigenvalue weighted by Gasteiger charge is 2.20. The molecule has 0 heterocycles. The Morgan fingerprint density at radius 1 is 1.38 bits per heavy atom. The number of ketones is 1. The number of benzene rings is 1. The van der Waals surface area contributed by atoms with Gasteiger partial charge in [0.1, 0.15) is 5.82 Å². The molecule has 0 atom stereocenters. The Hall–Kier alpha value is -0.450. The number of hydrogen-bond donors (Lipinski definition) is 0. The van der Waals surface area contributed by atoms with Crippen LogP contribution in [0.25, 0.3) is 0 Å². The molecule has 1 aromatic carbocycles. The van der Waals surface area contributed by atoms with Crippen LogP contribution in [0.15, 0.2) is 18.2 Å². The van der Waals surface area contributed by atoms with Gasteiger partial charge in [-0.2, -0.15) is 0 Å². The molecule has 1 saturated carbocycles. The molecule has 1 aliphatic carbocycles. The van der Waals surface area contributed by atoms with E-state index in [4.69, 9.17) is 0 Å². The van der Waals surface area contributed by atoms with E-state index in [1.807, 2.05) is 22.6 Å². The van der Waals surface area contributed by atoms with Crippen molar-refractivity contribution in [2.24, 2.45) is 5.92 Å². The Bertz CT molecular complexity index is 397. The SMILES string of the molecule is O=C(CC1CCCC1)c1ccc(F)cc1I. The van der Waals surface area contributed by atoms with Gasteiger partial charge in [0.15, 0.2) is 5.78 Å². The fourth-order valence-electron chi connectivity index (χ4n) is 2.30. The zero-order valence-corrected chi connectivity index (χ0v) is 11.2. The highest BCUT2D eigenvalue weighted by molar-refractivity contribution is 14.1. The van der Waals surface area contributed by atoms with Crippen molar-refractivity contribution in [2.75, 3.05) is 0 Å². The van der Waals surface area contributed by atoms with Crippen molar-refractivity contribution in [3.05, 3.63) is 33.1 Å². The first-order chi connectivity index (χ1) is 7.66. The van der Waals surface area contributed by atoms with E-state index in [2.05, 4.69) is 0 Å². The Morgan fingerprint density at radius 3 is 2.69 bits per heavy atom. The van der Waals surface area contributed by atoms with Gasteiger partial charge in [0.2, 0.25) is 0 Å². The van der Waals surface area contributed by atoms with E-state index in [1.54, 1.807) is 6.07 Å². The van der Waals surface area contributed by atoms with E-state index in [1.165, 1.54) is 37.8 Å². The van der Waals surface area contributed by atoms with Crippen molar-refractivity contribution in [1.82, 2.24) is 0 Å². The third-order valence-electron chi connectivity index (χ3n) is 3.18. The summed E-state index contributed by atoms with van der Waals surface area (Å²) in [6.45, 7) is 0. The van der Waals surface area contributed by atoms with Crippen molar-refractivity contribution in [3.63, 3.8) is 0 Å². The van der Waals surface area contributed by atoms with Gasteiger partial charge in [-0.15, -0.1) is 0 Å². The van der Waals surface area contributed by atoms with Crippen LogP contribution < -0.4 is 0 Å². The minimum absolute atomic E-state index is 0.163. The summed E-state index contributed by atoms with van der Waals surface area (Å²) in [4.78, 5) is 12.0. The van der Waals surface area contributed by atoms with E-state index in [-0.39, 0.29) is 11.6 Å². The molecule has 0 bridgehead atoms. The summed E-state index contributed by atoms with van der Waals surface area (Å²) in [5.41, 5.74) is 0.675. The van der Waals surface area contributed by atoms with Crippen LogP contribution in [-0.2, 0) is 0 Å². The first-order valence-corrected chi connectivity index (χ1v) is 6.73. The molecular formula is C13H14FIO. The number of Topliss-reactive ketones (excluding diaryl/α,β-unsaturated/α-hetero) is 1. The molecule has 0 spiro atoms. The predicted octanol–water partition coefficient (Wildman–Crippen LogP) is 4.19. The molecule has 3 heteroatoms. The summed E-state index contributed by atoms with van der Waals surface area (Å²) < 4.78 is 13.6. The molecule has 86 valence electrons. The predicted molar refractivity (Wildman–Crippen MR) is 70.0 cm³/mol. The van der Waals surface area contributed by atoms with Gasteiger partial charge in [-0.3, -0.25) is 4.79 Å². The van der Waals surface area contributed by atoms with E-state index < -0.39 is 0 Å². The molecule has 0 amide bonds. The first kappa shape index (κ1) is 12.0. The molecule has 0 aliphatic heterocycles. The largest absolute Gasteiger partial charge is 0.294 e. The van der Waals surface area contributed by atoms with Gasteiger partial charge in [0, 0.05) is 15.6 Å². The van der Waals surface area contributed by atoms with Gasteiger partial charge in [0.05, 0.1) is 0 Å². The topological polar surface area (TPSA) is 17.1 Å². The molecule has 1 aromatic rings. The quantitative estimate of drug-likeness (QED) is 0.599. The van der Waals surface area contributed by atoms with E-state index in [9.17, 15) is 9.18 Å². The molecular weight excluding hydrogens is 318 g/mol. The molecule has 16 heavy (non-hydrogen) atoms. The van der Waals surface area contributed by atoms with Gasteiger partial charge in [-0.05, 0) is 46.7 Å². The highest BCUT2D eigenvalue weighted by atomic mass is 127. The monoisotopic (exact) mass is 332 g/mol. The van der Waals surface area contributed by atoms with E-state index >= 15 is 0 Å². The van der Waals surface area contributed by atoms with Crippen molar-refractivity contribution in [1.29, 1.82) is 0 Å². The normalized spacial score (nSPS) is 16.6. The minimum atomic E-state index is -0.276. The lowest BCUT2D eigenvalue weighted by Crippen LogP contribution is -2.07. The van der Waals surface area contributed by atoms with Crippen LogP contribution in [0.2, 0.25) is 0 Å². The van der Waals surface area contributed by atoms with Crippen molar-refractivity contribution in [3.8, 4) is 0 Å². The summed E-state index contributed by atoms with van der Waals surface area (Å²) in [6.07, 6.45) is 5.46. The molecule has 1 aliphatic rings. The molecule has 0 saturated heterocycles. The summed E-state index contributed by atoms with van der Waals surface area (Å²) in [7, 11) is 0. The zero-order valence-electron chi connectivity index (χ0n) is 9.01. The fourth-order valence-corrected chi connectivity index (χ4v) is 3.08. The maximum absolute atomic E-state index is 12.9. The lowest BCUT2D eigenvalue weighted by atomic mass is 9.97. The lowest BCUT2D eigenvalue weighted by Gasteiger charge is -2.08. The highest BCUT2D eigenvalue weighted by Crippen LogP contribution is 2.29. The van der Waals surface area contributed by atoms with Gasteiger partial charge in [0.25, 0.3) is 0 Å². The smallest absolute Gasteiger partial charge is 0.164 e. The third kappa shape index (κ3) is 2.81. The van der Waals surface area contributed by atoms with Gasteiger partial charge in [-0.1, -0.05) is 25.7 Å². The zero-order chi connectivity index (χ0) is 11.5. The summed E-state index contributed by atoms with van der Waals surface area (Å²) in [5.74, 6) is 0.437. The lowest BCUT2D eigenvalue weighted by molar-refractivity contribution is 0.0961. The third-order valence-corrected chi connectivity index (χ3v) is 4.07. The van der Waals surface area contributed by atoms with Crippen LogP contribution in [0, 0.1) is 15.3 Å². The Labute approximate surface area is 109 Å². The average Bonchev–Trinajstić information content (AvgIpc) is 2.70. The number of halogens is 2. The van der Waals surface area contributed by atoms with Crippen LogP contribution in [0.4, 0.5) is 4.39 Å². The van der Waals surface area contributed by atoms with Crippen LogP contribution in [0.3, 0.4) is 0 Å². The van der Waals surface area contributed by atoms with Crippen molar-refractivity contribution >= 4 is 28.4 Å². The first-order valence-electron chi connectivity index (χ1n) is 5.65. The number of carbonyl (C=O) groups excluding carboxylic acids is 1. The summed E-state index contributed by atoms with van der Waals surface area (Å²) in [6, 6.07) is 4.39. The van der Waals surface area contributed by atoms with Crippen LogP contribution in [-0.4, -0.2) is 5.78 Å². The second-order valence-electron chi connectivity index (χ2n) is 4.40. The van der Waals surface area contributed by atoms with Crippen molar-refractivity contribution in [2.45, 2.75) is 32.1 Å². The number of hydrogen-bond acceptors (Lipinski definition) is 1. The van der Waals surface area contributed by atoms with Gasteiger partial charge < -0.3 is 0 Å². The van der Waals surface area contributed by atoms with E-state index in [0.29, 0.717) is 17.9 Å². The molecule has 1 fully saturated rings. The second kappa shape index (κ2) is 5.25. The average molecular weight is 332 g/mol. The van der Waals surface area contributed by atoms with Crippen LogP contribution in [0.1, 0.15) is 42.5 Å². The number of rotatable bonds is 3. The standard InChI is InChI=1S/C13H14FIO/c14-10-5-6-11(12(15)8-10)13(16)7-9-3-1-2-4-9/h5-6,8-9H,1-4,7H2. The second-order valence-corrected chi connectivity index (χ2v) is 5.56. The van der Waals surface area contributed by atoms with Crippen LogP contribution in [0.5, 0.6) is 0 Å². The van der Waals surface area contributed by atoms with Gasteiger partial charge in [-0.25, -0.2) is 4.39 Å². The maximum atomic E-state index is 12.9. The summed E-state index contributed by atoms with van der Waals surface area (Å²) >= 11 is 2.03. The Balaban J connectivity index is 2.08. The van der Waals surface area contributed by atoms with Crippen LogP contribution >= 0.6 is 22.6 Å². The molecule has 0 unspecified atom stereocenters. The maximum Gasteiger partial charge on any atom is 0.164 e. The summed E-state index contributed by atoms with van der Waals surface area (Å²) in [5, 5.41) is 0. The molecule has 0 N–H and O–H groups in total. The van der Waals surface area contributed by atoms with Gasteiger partial charge >= 0.3 is 0 Å². The van der Waals surface area contributed by atoms with Crippen molar-refractivity contribution < 1.29 is 9.18 Å². The Kier molecular flexibility index (Phi) is 3.95. The molecule has 0 radical (unpaired) electrons. The minimum Gasteiger partial charge on any atom is -0.294 e.